The molecule has 2 nitrogen and oxygen atoms in total. The summed E-state index contributed by atoms with van der Waals surface area (Å²) >= 11 is -0.379. The standard InChI is InChI=1S/C10H16IO2/c1-3-8-5-6-9(7-8)11-13-10(12)4-2/h4,8-9H,2-3,5-7H2,1H3/q-1. The molecule has 0 heterocycles. The Balaban J connectivity index is 2.17. The summed E-state index contributed by atoms with van der Waals surface area (Å²) in [6.07, 6.45) is 6.39. The average molecular weight is 295 g/mol. The summed E-state index contributed by atoms with van der Waals surface area (Å²) < 4.78 is 5.82. The fourth-order valence-corrected chi connectivity index (χ4v) is 3.93. The van der Waals surface area contributed by atoms with E-state index >= 15 is 0 Å². The molecule has 1 fully saturated rings. The van der Waals surface area contributed by atoms with E-state index in [0.717, 1.165) is 5.92 Å². The van der Waals surface area contributed by atoms with E-state index in [1.807, 2.05) is 0 Å². The van der Waals surface area contributed by atoms with Gasteiger partial charge in [-0.1, -0.05) is 0 Å². The van der Waals surface area contributed by atoms with Crippen molar-refractivity contribution in [3.63, 3.8) is 0 Å². The monoisotopic (exact) mass is 295 g/mol. The number of hydrogen-bond acceptors (Lipinski definition) is 2. The van der Waals surface area contributed by atoms with E-state index in [2.05, 4.69) is 13.5 Å². The molecular formula is C10H16IO2-. The van der Waals surface area contributed by atoms with Crippen LogP contribution < -0.4 is 21.6 Å². The normalized spacial score (nSPS) is 27.5. The van der Waals surface area contributed by atoms with Crippen molar-refractivity contribution in [3.05, 3.63) is 12.7 Å². The van der Waals surface area contributed by atoms with Gasteiger partial charge in [-0.3, -0.25) is 0 Å². The maximum atomic E-state index is 10.8. The number of halogens is 1. The third-order valence-corrected chi connectivity index (χ3v) is 5.01. The molecule has 1 aliphatic rings. The Hall–Kier alpha value is -0.0600. The van der Waals surface area contributed by atoms with Crippen molar-refractivity contribution in [1.29, 1.82) is 0 Å². The van der Waals surface area contributed by atoms with Crippen LogP contribution in [0.2, 0.25) is 0 Å². The van der Waals surface area contributed by atoms with Gasteiger partial charge in [-0.2, -0.15) is 0 Å². The van der Waals surface area contributed by atoms with E-state index in [0.29, 0.717) is 3.92 Å². The zero-order valence-electron chi connectivity index (χ0n) is 7.96. The molecule has 0 spiro atoms. The van der Waals surface area contributed by atoms with Gasteiger partial charge in [-0.15, -0.1) is 0 Å². The molecule has 2 unspecified atom stereocenters. The number of carbonyl (C=O) groups is 1. The maximum absolute atomic E-state index is 10.8. The SMILES string of the molecule is C=CC(=O)O[I-]C1CCC(CC)C1. The molecule has 0 saturated heterocycles. The van der Waals surface area contributed by atoms with E-state index in [9.17, 15) is 4.79 Å². The molecule has 0 radical (unpaired) electrons. The first-order valence-electron chi connectivity index (χ1n) is 4.73. The first-order valence-corrected chi connectivity index (χ1v) is 6.85. The van der Waals surface area contributed by atoms with Crippen LogP contribution >= 0.6 is 0 Å². The average Bonchev–Trinajstić information content (AvgIpc) is 2.61. The van der Waals surface area contributed by atoms with E-state index in [1.165, 1.54) is 31.8 Å². The molecule has 13 heavy (non-hydrogen) atoms. The van der Waals surface area contributed by atoms with Crippen molar-refractivity contribution in [3.8, 4) is 0 Å². The van der Waals surface area contributed by atoms with E-state index in [4.69, 9.17) is 3.07 Å². The van der Waals surface area contributed by atoms with Crippen LogP contribution in [0.15, 0.2) is 12.7 Å². The molecule has 2 atom stereocenters. The Labute approximate surface area is 90.5 Å². The number of rotatable bonds is 4. The molecule has 0 aromatic carbocycles. The first-order chi connectivity index (χ1) is 6.26. The minimum absolute atomic E-state index is 0.243. The van der Waals surface area contributed by atoms with Gasteiger partial charge in [0.15, 0.2) is 0 Å². The molecule has 0 aromatic heterocycles. The fourth-order valence-electron chi connectivity index (χ4n) is 1.60. The Morgan fingerprint density at radius 3 is 3.00 bits per heavy atom. The zero-order valence-corrected chi connectivity index (χ0v) is 10.1. The van der Waals surface area contributed by atoms with Gasteiger partial charge in [0.2, 0.25) is 0 Å². The number of alkyl halides is 1. The van der Waals surface area contributed by atoms with Gasteiger partial charge in [0.25, 0.3) is 0 Å². The predicted octanol–water partition coefficient (Wildman–Crippen LogP) is -0.702. The molecule has 0 aromatic rings. The third kappa shape index (κ3) is 3.67. The van der Waals surface area contributed by atoms with Crippen LogP contribution in [-0.4, -0.2) is 9.89 Å². The van der Waals surface area contributed by atoms with Crippen LogP contribution in [-0.2, 0) is 7.86 Å². The molecule has 0 aliphatic heterocycles. The molecule has 76 valence electrons. The van der Waals surface area contributed by atoms with Gasteiger partial charge in [-0.05, 0) is 0 Å². The van der Waals surface area contributed by atoms with Crippen LogP contribution in [0, 0.1) is 5.92 Å². The van der Waals surface area contributed by atoms with Crippen molar-refractivity contribution in [2.24, 2.45) is 5.92 Å². The second kappa shape index (κ2) is 5.62. The van der Waals surface area contributed by atoms with Crippen LogP contribution in [0.4, 0.5) is 0 Å². The summed E-state index contributed by atoms with van der Waals surface area (Å²) in [5, 5.41) is 0. The van der Waals surface area contributed by atoms with Crippen molar-refractivity contribution in [1.82, 2.24) is 0 Å². The van der Waals surface area contributed by atoms with Gasteiger partial charge in [0, 0.05) is 0 Å². The van der Waals surface area contributed by atoms with Crippen LogP contribution in [0.1, 0.15) is 32.6 Å². The first kappa shape index (κ1) is 11.0. The summed E-state index contributed by atoms with van der Waals surface area (Å²) in [6, 6.07) is 0. The molecule has 3 heteroatoms. The Morgan fingerprint density at radius 2 is 2.46 bits per heavy atom. The molecule has 0 bridgehead atoms. The second-order valence-corrected chi connectivity index (χ2v) is 6.08. The minimum atomic E-state index is -0.379. The molecule has 1 rings (SSSR count). The van der Waals surface area contributed by atoms with E-state index in [-0.39, 0.29) is 27.6 Å². The molecular weight excluding hydrogens is 279 g/mol. The van der Waals surface area contributed by atoms with Crippen LogP contribution in [0.5, 0.6) is 0 Å². The van der Waals surface area contributed by atoms with Gasteiger partial charge < -0.3 is 0 Å². The fraction of sp³-hybridized carbons (Fsp3) is 0.700. The summed E-state index contributed by atoms with van der Waals surface area (Å²) in [6.45, 7) is 5.62. The van der Waals surface area contributed by atoms with E-state index in [1.54, 1.807) is 0 Å². The van der Waals surface area contributed by atoms with Crippen molar-refractivity contribution in [2.45, 2.75) is 36.5 Å². The zero-order chi connectivity index (χ0) is 9.68. The Bertz CT molecular complexity index is 191. The second-order valence-electron chi connectivity index (χ2n) is 3.37. The summed E-state index contributed by atoms with van der Waals surface area (Å²) in [5.74, 6) is 0.639. The topological polar surface area (TPSA) is 26.3 Å². The van der Waals surface area contributed by atoms with Gasteiger partial charge in [-0.25, -0.2) is 0 Å². The summed E-state index contributed by atoms with van der Waals surface area (Å²) in [5.41, 5.74) is 0. The van der Waals surface area contributed by atoms with Crippen molar-refractivity contribution < 1.29 is 29.5 Å². The third-order valence-electron chi connectivity index (χ3n) is 2.47. The molecule has 1 aliphatic carbocycles. The summed E-state index contributed by atoms with van der Waals surface area (Å²) in [4.78, 5) is 10.8. The van der Waals surface area contributed by atoms with Crippen molar-refractivity contribution in [2.75, 3.05) is 0 Å². The Kier molecular flexibility index (Phi) is 4.77. The summed E-state index contributed by atoms with van der Waals surface area (Å²) in [7, 11) is 0. The molecule has 0 N–H and O–H groups in total. The molecule has 1 saturated carbocycles. The molecule has 0 amide bonds. The Morgan fingerprint density at radius 1 is 1.69 bits per heavy atom. The van der Waals surface area contributed by atoms with Crippen LogP contribution in [0.25, 0.3) is 0 Å². The van der Waals surface area contributed by atoms with Crippen LogP contribution in [0.3, 0.4) is 0 Å². The van der Waals surface area contributed by atoms with Crippen molar-refractivity contribution >= 4 is 5.97 Å². The van der Waals surface area contributed by atoms with E-state index < -0.39 is 0 Å². The van der Waals surface area contributed by atoms with Gasteiger partial charge in [0.05, 0.1) is 0 Å². The van der Waals surface area contributed by atoms with Gasteiger partial charge >= 0.3 is 90.6 Å². The number of hydrogen-bond donors (Lipinski definition) is 0. The number of carbonyl (C=O) groups excluding carboxylic acids is 1. The predicted molar refractivity (Wildman–Crippen MR) is 47.7 cm³/mol. The van der Waals surface area contributed by atoms with Gasteiger partial charge in [0.1, 0.15) is 0 Å². The quantitative estimate of drug-likeness (QED) is 0.389.